The summed E-state index contributed by atoms with van der Waals surface area (Å²) in [4.78, 5) is 1.70. The zero-order chi connectivity index (χ0) is 11.8. The molecule has 3 N–H and O–H groups in total. The van der Waals surface area contributed by atoms with Gasteiger partial charge >= 0.3 is 0 Å². The summed E-state index contributed by atoms with van der Waals surface area (Å²) in [5, 5.41) is 8.76. The largest absolute Gasteiger partial charge is 0.433 e. The maximum absolute atomic E-state index is 11.0. The Labute approximate surface area is 97.3 Å². The highest BCUT2D eigenvalue weighted by Gasteiger charge is 2.16. The number of hydrogen-bond acceptors (Lipinski definition) is 5. The van der Waals surface area contributed by atoms with Crippen LogP contribution in [0.15, 0.2) is 21.6 Å². The molecule has 0 saturated carbocycles. The average Bonchev–Trinajstić information content (AvgIpc) is 2.69. The van der Waals surface area contributed by atoms with Gasteiger partial charge in [-0.1, -0.05) is 6.92 Å². The second-order valence-electron chi connectivity index (χ2n) is 3.35. The highest BCUT2D eigenvalue weighted by Crippen LogP contribution is 2.30. The lowest BCUT2D eigenvalue weighted by Crippen LogP contribution is -2.11. The predicted octanol–water partition coefficient (Wildman–Crippen LogP) is 1.25. The lowest BCUT2D eigenvalue weighted by Gasteiger charge is -1.95. The molecular formula is C9H12N2O3S2. The first-order chi connectivity index (χ1) is 7.50. The van der Waals surface area contributed by atoms with E-state index in [2.05, 4.69) is 5.32 Å². The van der Waals surface area contributed by atoms with Crippen LogP contribution in [-0.4, -0.2) is 15.0 Å². The molecule has 0 aliphatic heterocycles. The van der Waals surface area contributed by atoms with E-state index in [4.69, 9.17) is 9.56 Å². The van der Waals surface area contributed by atoms with Gasteiger partial charge in [0, 0.05) is 22.9 Å². The minimum Gasteiger partial charge on any atom is -0.433 e. The number of nitrogens with two attached hydrogens (primary N) is 1. The van der Waals surface area contributed by atoms with Gasteiger partial charge in [0.1, 0.15) is 0 Å². The summed E-state index contributed by atoms with van der Waals surface area (Å²) in [6.45, 7) is 3.68. The van der Waals surface area contributed by atoms with Gasteiger partial charge in [-0.25, -0.2) is 13.6 Å². The second kappa shape index (κ2) is 4.17. The summed E-state index contributed by atoms with van der Waals surface area (Å²) in [6, 6.07) is 3.36. The van der Waals surface area contributed by atoms with Crippen LogP contribution in [-0.2, 0) is 16.6 Å². The van der Waals surface area contributed by atoms with Crippen molar-refractivity contribution in [3.8, 4) is 0 Å². The Hall–Kier alpha value is -0.890. The van der Waals surface area contributed by atoms with E-state index in [0.717, 1.165) is 23.4 Å². The topological polar surface area (TPSA) is 85.3 Å². The zero-order valence-electron chi connectivity index (χ0n) is 8.69. The Morgan fingerprint density at radius 1 is 1.50 bits per heavy atom. The van der Waals surface area contributed by atoms with Crippen LogP contribution in [0.4, 0.5) is 0 Å². The van der Waals surface area contributed by atoms with E-state index in [1.807, 2.05) is 13.0 Å². The van der Waals surface area contributed by atoms with Gasteiger partial charge in [-0.05, 0) is 12.6 Å². The molecule has 0 fully saturated rings. The summed E-state index contributed by atoms with van der Waals surface area (Å²) in [6.07, 6.45) is 0. The van der Waals surface area contributed by atoms with Crippen molar-refractivity contribution in [3.63, 3.8) is 0 Å². The number of primary sulfonamides is 1. The number of fused-ring (bicyclic) bond motifs is 1. The standard InChI is InChI=1S/C9H12N2O3S2/c1-2-11-5-7-3-6-4-8(16(10,12)13)14-9(6)15-7/h3-4,11H,2,5H2,1H3,(H2,10,12,13). The molecule has 5 nitrogen and oxygen atoms in total. The van der Waals surface area contributed by atoms with E-state index in [9.17, 15) is 8.42 Å². The summed E-state index contributed by atoms with van der Waals surface area (Å²) < 4.78 is 27.2. The van der Waals surface area contributed by atoms with Crippen LogP contribution in [0.2, 0.25) is 0 Å². The maximum atomic E-state index is 11.0. The molecular weight excluding hydrogens is 248 g/mol. The van der Waals surface area contributed by atoms with E-state index in [0.29, 0.717) is 4.90 Å². The van der Waals surface area contributed by atoms with Crippen LogP contribution in [0.1, 0.15) is 11.8 Å². The van der Waals surface area contributed by atoms with E-state index >= 15 is 0 Å². The molecule has 0 aromatic carbocycles. The Morgan fingerprint density at radius 2 is 2.25 bits per heavy atom. The maximum Gasteiger partial charge on any atom is 0.271 e. The Balaban J connectivity index is 2.33. The lowest BCUT2D eigenvalue weighted by atomic mass is 10.3. The molecule has 0 aliphatic rings. The normalized spacial score (nSPS) is 12.4. The van der Waals surface area contributed by atoms with E-state index in [1.165, 1.54) is 17.4 Å². The van der Waals surface area contributed by atoms with Gasteiger partial charge in [-0.15, -0.1) is 11.3 Å². The molecule has 0 radical (unpaired) electrons. The Kier molecular flexibility index (Phi) is 3.02. The Morgan fingerprint density at radius 3 is 2.81 bits per heavy atom. The molecule has 0 amide bonds. The predicted molar refractivity (Wildman–Crippen MR) is 62.8 cm³/mol. The minimum atomic E-state index is -3.74. The van der Waals surface area contributed by atoms with Crippen molar-refractivity contribution in [1.82, 2.24) is 5.32 Å². The molecule has 2 aromatic rings. The van der Waals surface area contributed by atoms with E-state index in [1.54, 1.807) is 0 Å². The summed E-state index contributed by atoms with van der Waals surface area (Å²) >= 11 is 1.42. The van der Waals surface area contributed by atoms with Crippen molar-refractivity contribution in [2.24, 2.45) is 5.14 Å². The molecule has 2 aromatic heterocycles. The fourth-order valence-corrected chi connectivity index (χ4v) is 2.85. The highest BCUT2D eigenvalue weighted by atomic mass is 32.2. The lowest BCUT2D eigenvalue weighted by molar-refractivity contribution is 0.486. The molecule has 2 heterocycles. The van der Waals surface area contributed by atoms with Crippen molar-refractivity contribution in [2.45, 2.75) is 18.6 Å². The van der Waals surface area contributed by atoms with Crippen molar-refractivity contribution in [3.05, 3.63) is 17.0 Å². The van der Waals surface area contributed by atoms with Gasteiger partial charge in [0.2, 0.25) is 5.09 Å². The number of thiophene rings is 1. The van der Waals surface area contributed by atoms with Gasteiger partial charge in [0.25, 0.3) is 10.0 Å². The highest BCUT2D eigenvalue weighted by molar-refractivity contribution is 7.89. The smallest absolute Gasteiger partial charge is 0.271 e. The number of sulfonamides is 1. The molecule has 0 spiro atoms. The molecule has 0 bridgehead atoms. The molecule has 0 saturated heterocycles. The first-order valence-corrected chi connectivity index (χ1v) is 7.12. The number of nitrogens with one attached hydrogen (secondary N) is 1. The van der Waals surface area contributed by atoms with Crippen LogP contribution >= 0.6 is 11.3 Å². The van der Waals surface area contributed by atoms with Gasteiger partial charge in [0.05, 0.1) is 0 Å². The fourth-order valence-electron chi connectivity index (χ4n) is 1.34. The zero-order valence-corrected chi connectivity index (χ0v) is 10.3. The van der Waals surface area contributed by atoms with Crippen molar-refractivity contribution >= 4 is 31.6 Å². The molecule has 16 heavy (non-hydrogen) atoms. The molecule has 2 rings (SSSR count). The molecule has 0 aliphatic carbocycles. The summed E-state index contributed by atoms with van der Waals surface area (Å²) in [7, 11) is -3.74. The average molecular weight is 260 g/mol. The molecule has 0 unspecified atom stereocenters. The van der Waals surface area contributed by atoms with Crippen LogP contribution in [0, 0.1) is 0 Å². The number of furan rings is 1. The monoisotopic (exact) mass is 260 g/mol. The van der Waals surface area contributed by atoms with Gasteiger partial charge < -0.3 is 9.73 Å². The van der Waals surface area contributed by atoms with Crippen LogP contribution in [0.25, 0.3) is 10.3 Å². The van der Waals surface area contributed by atoms with Gasteiger partial charge in [-0.3, -0.25) is 0 Å². The SMILES string of the molecule is CCNCc1cc2cc(S(N)(=O)=O)oc2s1. The first-order valence-electron chi connectivity index (χ1n) is 4.76. The fraction of sp³-hybridized carbons (Fsp3) is 0.333. The van der Waals surface area contributed by atoms with E-state index in [-0.39, 0.29) is 5.09 Å². The third-order valence-corrected chi connectivity index (χ3v) is 3.86. The molecule has 7 heteroatoms. The quantitative estimate of drug-likeness (QED) is 0.866. The second-order valence-corrected chi connectivity index (χ2v) is 5.94. The van der Waals surface area contributed by atoms with Crippen LogP contribution in [0.5, 0.6) is 0 Å². The molecule has 88 valence electrons. The third kappa shape index (κ3) is 2.27. The number of hydrogen-bond donors (Lipinski definition) is 2. The number of rotatable bonds is 4. The van der Waals surface area contributed by atoms with Gasteiger partial charge in [-0.2, -0.15) is 0 Å². The summed E-state index contributed by atoms with van der Waals surface area (Å²) in [5.74, 6) is 0. The van der Waals surface area contributed by atoms with E-state index < -0.39 is 10.0 Å². The molecule has 0 atom stereocenters. The van der Waals surface area contributed by atoms with Crippen LogP contribution < -0.4 is 10.5 Å². The van der Waals surface area contributed by atoms with Crippen molar-refractivity contribution in [2.75, 3.05) is 6.54 Å². The van der Waals surface area contributed by atoms with Crippen molar-refractivity contribution < 1.29 is 12.8 Å². The minimum absolute atomic E-state index is 0.177. The van der Waals surface area contributed by atoms with Gasteiger partial charge in [0.15, 0.2) is 4.90 Å². The van der Waals surface area contributed by atoms with Crippen LogP contribution in [0.3, 0.4) is 0 Å². The first kappa shape index (κ1) is 11.6. The third-order valence-electron chi connectivity index (χ3n) is 2.07. The van der Waals surface area contributed by atoms with Crippen molar-refractivity contribution in [1.29, 1.82) is 0 Å². The Bertz CT molecular complexity index is 566. The summed E-state index contributed by atoms with van der Waals surface area (Å²) in [5.41, 5.74) is 0.